The first-order valence-corrected chi connectivity index (χ1v) is 18.5. The first-order chi connectivity index (χ1) is 19.1. The highest BCUT2D eigenvalue weighted by molar-refractivity contribution is 4.65. The van der Waals surface area contributed by atoms with E-state index >= 15 is 0 Å². The van der Waals surface area contributed by atoms with E-state index in [9.17, 15) is 0 Å². The highest BCUT2D eigenvalue weighted by Gasteiger charge is 2.49. The Morgan fingerprint density at radius 2 is 0.419 bits per heavy atom. The van der Waals surface area contributed by atoms with Crippen molar-refractivity contribution in [3.05, 3.63) is 0 Å². The second-order valence-electron chi connectivity index (χ2n) is 15.2. The summed E-state index contributed by atoms with van der Waals surface area (Å²) in [6, 6.07) is 0. The lowest BCUT2D eigenvalue weighted by Crippen LogP contribution is -3.00. The van der Waals surface area contributed by atoms with Crippen LogP contribution >= 0.6 is 0 Å². The van der Waals surface area contributed by atoms with E-state index in [1.165, 1.54) is 232 Å². The van der Waals surface area contributed by atoms with Crippen molar-refractivity contribution in [1.29, 1.82) is 0 Å². The number of rotatable bonds is 22. The van der Waals surface area contributed by atoms with Crippen LogP contribution < -0.4 is 67.9 Å². The molecule has 0 N–H and O–H groups in total. The fourth-order valence-corrected chi connectivity index (χ4v) is 9.11. The summed E-state index contributed by atoms with van der Waals surface area (Å²) in [6.07, 6.45) is 25.0. The predicted molar refractivity (Wildman–Crippen MR) is 169 cm³/mol. The maximum Gasteiger partial charge on any atom is 0.129 e. The lowest BCUT2D eigenvalue weighted by molar-refractivity contribution is -1.08. The molecule has 6 heterocycles. The van der Waals surface area contributed by atoms with Gasteiger partial charge in [-0.1, -0.05) is 78.1 Å². The van der Waals surface area contributed by atoms with Crippen molar-refractivity contribution in [1.82, 2.24) is 0 Å². The Bertz CT molecular complexity index is 590. The Hall–Kier alpha value is 1.76. The zero-order valence-corrected chi connectivity index (χ0v) is 35.0. The second-order valence-corrected chi connectivity index (χ2v) is 15.2. The molecule has 0 saturated carbocycles. The summed E-state index contributed by atoms with van der Waals surface area (Å²) >= 11 is 0. The minimum absolute atomic E-state index is 0. The van der Waals surface area contributed by atoms with Gasteiger partial charge >= 0.3 is 0 Å². The van der Waals surface area contributed by atoms with Crippen molar-refractivity contribution in [2.45, 2.75) is 123 Å². The third-order valence-corrected chi connectivity index (χ3v) is 12.5. The van der Waals surface area contributed by atoms with Crippen molar-refractivity contribution in [2.75, 3.05) is 105 Å². The molecule has 6 aliphatic heterocycles. The van der Waals surface area contributed by atoms with E-state index in [1.807, 2.05) is 0 Å². The van der Waals surface area contributed by atoms with Gasteiger partial charge < -0.3 is 85.9 Å². The summed E-state index contributed by atoms with van der Waals surface area (Å²) in [5.41, 5.74) is 0. The van der Waals surface area contributed by atoms with Crippen LogP contribution in [-0.2, 0) is 0 Å². The third-order valence-electron chi connectivity index (χ3n) is 12.5. The number of hydrogen-bond donors (Lipinski definition) is 0. The molecule has 4 bridgehead atoms. The summed E-state index contributed by atoms with van der Waals surface area (Å²) in [7, 11) is 0. The minimum Gasteiger partial charge on any atom is -1.00 e. The molecule has 6 aliphatic rings. The van der Waals surface area contributed by atoms with Crippen LogP contribution in [0.1, 0.15) is 123 Å². The van der Waals surface area contributed by atoms with Crippen molar-refractivity contribution in [2.24, 2.45) is 0 Å². The molecule has 0 aliphatic carbocycles. The monoisotopic (exact) mass is 864 g/mol. The van der Waals surface area contributed by atoms with Crippen LogP contribution in [0.5, 0.6) is 0 Å². The Kier molecular flexibility index (Phi) is 24.1. The van der Waals surface area contributed by atoms with E-state index in [4.69, 9.17) is 0 Å². The molecule has 0 unspecified atom stereocenters. The normalized spacial score (nSPS) is 30.6. The van der Waals surface area contributed by atoms with Crippen LogP contribution in [0, 0.1) is 0 Å². The molecular formula is C35H72Br4N4. The van der Waals surface area contributed by atoms with E-state index in [0.717, 1.165) is 0 Å². The Morgan fingerprint density at radius 1 is 0.256 bits per heavy atom. The number of halogens is 4. The maximum absolute atomic E-state index is 2.33. The molecule has 0 atom stereocenters. The number of piperazine rings is 6. The van der Waals surface area contributed by atoms with Crippen LogP contribution in [0.2, 0.25) is 0 Å². The smallest absolute Gasteiger partial charge is 0.129 e. The van der Waals surface area contributed by atoms with E-state index in [2.05, 4.69) is 13.8 Å². The van der Waals surface area contributed by atoms with Gasteiger partial charge in [0.1, 0.15) is 78.5 Å². The second kappa shape index (κ2) is 23.2. The Balaban J connectivity index is 0.00000441. The minimum atomic E-state index is 0. The first kappa shape index (κ1) is 44.8. The van der Waals surface area contributed by atoms with Crippen molar-refractivity contribution in [3.8, 4) is 0 Å². The molecule has 6 fully saturated rings. The zero-order chi connectivity index (χ0) is 27.3. The van der Waals surface area contributed by atoms with Gasteiger partial charge in [0.2, 0.25) is 0 Å². The Morgan fingerprint density at radius 3 is 0.628 bits per heavy atom. The number of nitrogens with zero attached hydrogens (tertiary/aromatic N) is 4. The number of hydrogen-bond acceptors (Lipinski definition) is 0. The summed E-state index contributed by atoms with van der Waals surface area (Å²) in [6.45, 7) is 28.6. The lowest BCUT2D eigenvalue weighted by atomic mass is 10.0. The molecule has 0 radical (unpaired) electrons. The molecule has 0 aromatic carbocycles. The lowest BCUT2D eigenvalue weighted by Gasteiger charge is -2.56. The van der Waals surface area contributed by atoms with Gasteiger partial charge in [0.15, 0.2) is 0 Å². The number of unbranched alkanes of at least 4 members (excludes halogenated alkanes) is 14. The van der Waals surface area contributed by atoms with E-state index in [1.54, 1.807) is 0 Å². The van der Waals surface area contributed by atoms with E-state index in [0.29, 0.717) is 0 Å². The van der Waals surface area contributed by atoms with Crippen LogP contribution in [-0.4, -0.2) is 123 Å². The van der Waals surface area contributed by atoms with Gasteiger partial charge in [-0.25, -0.2) is 0 Å². The van der Waals surface area contributed by atoms with Crippen molar-refractivity contribution in [3.63, 3.8) is 0 Å². The van der Waals surface area contributed by atoms with Crippen LogP contribution in [0.3, 0.4) is 0 Å². The van der Waals surface area contributed by atoms with Crippen molar-refractivity contribution < 1.29 is 85.9 Å². The maximum atomic E-state index is 2.33. The summed E-state index contributed by atoms with van der Waals surface area (Å²) in [5.74, 6) is 0. The topological polar surface area (TPSA) is 0 Å². The van der Waals surface area contributed by atoms with Gasteiger partial charge in [-0.3, -0.25) is 0 Å². The Labute approximate surface area is 311 Å². The molecule has 43 heavy (non-hydrogen) atoms. The van der Waals surface area contributed by atoms with Crippen LogP contribution in [0.4, 0.5) is 0 Å². The van der Waals surface area contributed by atoms with E-state index < -0.39 is 0 Å². The predicted octanol–water partition coefficient (Wildman–Crippen LogP) is -5.00. The molecular weight excluding hydrogens is 796 g/mol. The van der Waals surface area contributed by atoms with Gasteiger partial charge in [-0.15, -0.1) is 0 Å². The number of quaternary nitrogens is 4. The van der Waals surface area contributed by atoms with Crippen LogP contribution in [0.15, 0.2) is 0 Å². The zero-order valence-electron chi connectivity index (χ0n) is 28.6. The quantitative estimate of drug-likeness (QED) is 0.0757. The molecule has 260 valence electrons. The standard InChI is InChI=1S/C35H72N4.4BrH/c1-3-5-7-9-11-13-16-20-36-24-30-38(31-25-36,32-26-36)22-18-15-19-23-39-33-27-37(28-34-39,29-35-39)21-17-14-12-10-8-6-4-2;;;;/h3-35H2,1-2H3;4*1H/q+4;;;;/p-4. The molecule has 0 aromatic heterocycles. The van der Waals surface area contributed by atoms with Gasteiger partial charge in [-0.2, -0.15) is 0 Å². The molecule has 8 heteroatoms. The van der Waals surface area contributed by atoms with Gasteiger partial charge in [0.25, 0.3) is 0 Å². The highest BCUT2D eigenvalue weighted by Crippen LogP contribution is 2.30. The SMILES string of the molecule is CCCCCCCCC[N+]12CC[N+](CCCCC[N+]34CC[N+](CCCCCCCCC)(CC3)CC4)(CC1)CC2.[Br-].[Br-].[Br-].[Br-]. The summed E-state index contributed by atoms with van der Waals surface area (Å²) < 4.78 is 5.98. The largest absolute Gasteiger partial charge is 1.00 e. The molecule has 6 rings (SSSR count). The molecule has 0 spiro atoms. The third kappa shape index (κ3) is 14.0. The van der Waals surface area contributed by atoms with Gasteiger partial charge in [0, 0.05) is 0 Å². The van der Waals surface area contributed by atoms with Gasteiger partial charge in [-0.05, 0) is 44.9 Å². The summed E-state index contributed by atoms with van der Waals surface area (Å²) in [5, 5.41) is 0. The molecule has 6 saturated heterocycles. The summed E-state index contributed by atoms with van der Waals surface area (Å²) in [4.78, 5) is 0. The molecule has 0 amide bonds. The highest BCUT2D eigenvalue weighted by atomic mass is 79.9. The molecule has 0 aromatic rings. The van der Waals surface area contributed by atoms with Gasteiger partial charge in [0.05, 0.1) is 26.2 Å². The fraction of sp³-hybridized carbons (Fsp3) is 1.00. The van der Waals surface area contributed by atoms with Crippen LogP contribution in [0.25, 0.3) is 0 Å². The van der Waals surface area contributed by atoms with Crippen molar-refractivity contribution >= 4 is 0 Å². The number of fused-ring (bicyclic) bond motifs is 6. The molecule has 4 nitrogen and oxygen atoms in total. The fourth-order valence-electron chi connectivity index (χ4n) is 9.11. The first-order valence-electron chi connectivity index (χ1n) is 18.5. The van der Waals surface area contributed by atoms with E-state index in [-0.39, 0.29) is 67.9 Å². The average Bonchev–Trinajstić information content (AvgIpc) is 2.98. The average molecular weight is 869 g/mol.